The summed E-state index contributed by atoms with van der Waals surface area (Å²) in [6.07, 6.45) is 3.11. The van der Waals surface area contributed by atoms with E-state index in [1.54, 1.807) is 7.11 Å². The van der Waals surface area contributed by atoms with Crippen LogP contribution in [-0.2, 0) is 11.2 Å². The number of nitrogens with two attached hydrogens (primary N) is 1. The van der Waals surface area contributed by atoms with Crippen molar-refractivity contribution in [3.8, 4) is 0 Å². The summed E-state index contributed by atoms with van der Waals surface area (Å²) < 4.78 is 6.62. The summed E-state index contributed by atoms with van der Waals surface area (Å²) >= 11 is 3.55. The van der Waals surface area contributed by atoms with E-state index in [-0.39, 0.29) is 12.1 Å². The largest absolute Gasteiger partial charge is 0.380 e. The van der Waals surface area contributed by atoms with Gasteiger partial charge >= 0.3 is 0 Å². The normalized spacial score (nSPS) is 14.6. The number of benzene rings is 1. The number of hydrogen-bond donors (Lipinski definition) is 2. The van der Waals surface area contributed by atoms with Crippen LogP contribution in [0, 0.1) is 0 Å². The lowest BCUT2D eigenvalue weighted by atomic mass is 9.99. The SMILES string of the molecule is CCCC(OC)C(Cc1ccccc1Br)NN. The van der Waals surface area contributed by atoms with Gasteiger partial charge in [0.2, 0.25) is 0 Å². The first-order chi connectivity index (χ1) is 8.22. The Morgan fingerprint density at radius 3 is 2.65 bits per heavy atom. The van der Waals surface area contributed by atoms with Crippen molar-refractivity contribution >= 4 is 15.9 Å². The highest BCUT2D eigenvalue weighted by Gasteiger charge is 2.20. The second kappa shape index (κ2) is 7.82. The van der Waals surface area contributed by atoms with Crippen LogP contribution in [-0.4, -0.2) is 19.3 Å². The van der Waals surface area contributed by atoms with Crippen LogP contribution >= 0.6 is 15.9 Å². The van der Waals surface area contributed by atoms with Crippen molar-refractivity contribution in [1.29, 1.82) is 0 Å². The predicted octanol–water partition coefficient (Wildman–Crippen LogP) is 2.64. The van der Waals surface area contributed by atoms with E-state index in [0.29, 0.717) is 0 Å². The van der Waals surface area contributed by atoms with Crippen molar-refractivity contribution in [3.63, 3.8) is 0 Å². The van der Waals surface area contributed by atoms with Crippen LogP contribution in [0.2, 0.25) is 0 Å². The van der Waals surface area contributed by atoms with E-state index in [4.69, 9.17) is 10.6 Å². The maximum Gasteiger partial charge on any atom is 0.0740 e. The number of nitrogens with one attached hydrogen (secondary N) is 1. The van der Waals surface area contributed by atoms with Gasteiger partial charge in [0.25, 0.3) is 0 Å². The van der Waals surface area contributed by atoms with E-state index < -0.39 is 0 Å². The Balaban J connectivity index is 2.72. The van der Waals surface area contributed by atoms with Crippen LogP contribution in [0.1, 0.15) is 25.3 Å². The predicted molar refractivity (Wildman–Crippen MR) is 74.7 cm³/mol. The molecule has 4 heteroatoms. The number of halogens is 1. The Bertz CT molecular complexity index is 333. The molecule has 0 aromatic heterocycles. The molecule has 0 heterocycles. The van der Waals surface area contributed by atoms with Gasteiger partial charge in [0.05, 0.1) is 12.1 Å². The fourth-order valence-corrected chi connectivity index (χ4v) is 2.41. The molecule has 0 fully saturated rings. The quantitative estimate of drug-likeness (QED) is 0.601. The molecular formula is C13H21BrN2O. The topological polar surface area (TPSA) is 47.3 Å². The molecule has 2 unspecified atom stereocenters. The van der Waals surface area contributed by atoms with Gasteiger partial charge in [0, 0.05) is 11.6 Å². The molecule has 0 aliphatic carbocycles. The molecule has 2 atom stereocenters. The lowest BCUT2D eigenvalue weighted by Gasteiger charge is -2.25. The third kappa shape index (κ3) is 4.39. The molecule has 3 N–H and O–H groups in total. The molecule has 0 aliphatic rings. The van der Waals surface area contributed by atoms with Crippen molar-refractivity contribution < 1.29 is 4.74 Å². The second-order valence-corrected chi connectivity index (χ2v) is 4.99. The monoisotopic (exact) mass is 300 g/mol. The smallest absolute Gasteiger partial charge is 0.0740 e. The minimum absolute atomic E-state index is 0.138. The Kier molecular flexibility index (Phi) is 6.73. The Labute approximate surface area is 112 Å². The number of hydrazine groups is 1. The van der Waals surface area contributed by atoms with Crippen molar-refractivity contribution in [3.05, 3.63) is 34.3 Å². The van der Waals surface area contributed by atoms with Crippen LogP contribution in [0.25, 0.3) is 0 Å². The highest BCUT2D eigenvalue weighted by atomic mass is 79.9. The zero-order valence-electron chi connectivity index (χ0n) is 10.4. The molecule has 1 aromatic carbocycles. The molecule has 0 saturated heterocycles. The van der Waals surface area contributed by atoms with Gasteiger partial charge in [-0.25, -0.2) is 0 Å². The lowest BCUT2D eigenvalue weighted by Crippen LogP contribution is -2.46. The van der Waals surface area contributed by atoms with Crippen LogP contribution < -0.4 is 11.3 Å². The summed E-state index contributed by atoms with van der Waals surface area (Å²) in [6.45, 7) is 2.15. The van der Waals surface area contributed by atoms with Gasteiger partial charge in [-0.15, -0.1) is 0 Å². The summed E-state index contributed by atoms with van der Waals surface area (Å²) in [5, 5.41) is 0. The average molecular weight is 301 g/mol. The number of hydrogen-bond acceptors (Lipinski definition) is 3. The van der Waals surface area contributed by atoms with E-state index in [0.717, 1.165) is 23.7 Å². The molecule has 0 bridgehead atoms. The molecule has 1 aromatic rings. The standard InChI is InChI=1S/C13H21BrN2O/c1-3-6-13(17-2)12(16-15)9-10-7-4-5-8-11(10)14/h4-5,7-8,12-13,16H,3,6,9,15H2,1-2H3. The molecular weight excluding hydrogens is 280 g/mol. The number of ether oxygens (including phenoxy) is 1. The first-order valence-corrected chi connectivity index (χ1v) is 6.74. The minimum atomic E-state index is 0.138. The molecule has 17 heavy (non-hydrogen) atoms. The van der Waals surface area contributed by atoms with Crippen LogP contribution in [0.5, 0.6) is 0 Å². The molecule has 0 spiro atoms. The van der Waals surface area contributed by atoms with Crippen molar-refractivity contribution in [2.24, 2.45) is 5.84 Å². The van der Waals surface area contributed by atoms with Crippen molar-refractivity contribution in [1.82, 2.24) is 5.43 Å². The van der Waals surface area contributed by atoms with Crippen molar-refractivity contribution in [2.75, 3.05) is 7.11 Å². The Morgan fingerprint density at radius 2 is 2.12 bits per heavy atom. The fourth-order valence-electron chi connectivity index (χ4n) is 1.97. The average Bonchev–Trinajstić information content (AvgIpc) is 2.35. The zero-order chi connectivity index (χ0) is 12.7. The van der Waals surface area contributed by atoms with E-state index in [1.165, 1.54) is 5.56 Å². The first-order valence-electron chi connectivity index (χ1n) is 5.95. The van der Waals surface area contributed by atoms with E-state index >= 15 is 0 Å². The summed E-state index contributed by atoms with van der Waals surface area (Å²) in [4.78, 5) is 0. The zero-order valence-corrected chi connectivity index (χ0v) is 12.0. The van der Waals surface area contributed by atoms with Crippen LogP contribution in [0.3, 0.4) is 0 Å². The van der Waals surface area contributed by atoms with Gasteiger partial charge in [-0.05, 0) is 24.5 Å². The molecule has 0 amide bonds. The highest BCUT2D eigenvalue weighted by Crippen LogP contribution is 2.19. The van der Waals surface area contributed by atoms with E-state index in [1.807, 2.05) is 18.2 Å². The molecule has 3 nitrogen and oxygen atoms in total. The van der Waals surface area contributed by atoms with Gasteiger partial charge in [0.1, 0.15) is 0 Å². The first kappa shape index (κ1) is 14.6. The van der Waals surface area contributed by atoms with E-state index in [2.05, 4.69) is 34.3 Å². The van der Waals surface area contributed by atoms with Crippen LogP contribution in [0.15, 0.2) is 28.7 Å². The van der Waals surface area contributed by atoms with Crippen molar-refractivity contribution in [2.45, 2.75) is 38.3 Å². The van der Waals surface area contributed by atoms with Gasteiger partial charge < -0.3 is 4.74 Å². The molecule has 0 aliphatic heterocycles. The molecule has 1 rings (SSSR count). The summed E-state index contributed by atoms with van der Waals surface area (Å²) in [6, 6.07) is 8.34. The molecule has 0 saturated carbocycles. The molecule has 0 radical (unpaired) electrons. The summed E-state index contributed by atoms with van der Waals surface area (Å²) in [5.74, 6) is 5.63. The minimum Gasteiger partial charge on any atom is -0.380 e. The molecule has 96 valence electrons. The van der Waals surface area contributed by atoms with E-state index in [9.17, 15) is 0 Å². The van der Waals surface area contributed by atoms with Crippen LogP contribution in [0.4, 0.5) is 0 Å². The number of rotatable bonds is 7. The highest BCUT2D eigenvalue weighted by molar-refractivity contribution is 9.10. The van der Waals surface area contributed by atoms with Gasteiger partial charge in [-0.2, -0.15) is 0 Å². The third-order valence-electron chi connectivity index (χ3n) is 2.94. The Hall–Kier alpha value is -0.420. The maximum atomic E-state index is 5.63. The fraction of sp³-hybridized carbons (Fsp3) is 0.538. The van der Waals surface area contributed by atoms with Gasteiger partial charge in [-0.3, -0.25) is 11.3 Å². The van der Waals surface area contributed by atoms with Gasteiger partial charge in [-0.1, -0.05) is 47.5 Å². The maximum absolute atomic E-state index is 5.63. The number of methoxy groups -OCH3 is 1. The third-order valence-corrected chi connectivity index (χ3v) is 3.71. The second-order valence-electron chi connectivity index (χ2n) is 4.13. The van der Waals surface area contributed by atoms with Gasteiger partial charge in [0.15, 0.2) is 0 Å². The lowest BCUT2D eigenvalue weighted by molar-refractivity contribution is 0.0609. The summed E-state index contributed by atoms with van der Waals surface area (Å²) in [7, 11) is 1.74. The summed E-state index contributed by atoms with van der Waals surface area (Å²) in [5.41, 5.74) is 4.11. The Morgan fingerprint density at radius 1 is 1.41 bits per heavy atom.